The number of alkyl halides is 3. The van der Waals surface area contributed by atoms with Crippen molar-refractivity contribution in [3.8, 4) is 0 Å². The molecule has 112 valence electrons. The monoisotopic (exact) mass is 313 g/mol. The molecule has 2 aromatic rings. The first-order valence-corrected chi connectivity index (χ1v) is 7.51. The maximum atomic E-state index is 13.0. The molecule has 0 saturated carbocycles. The number of aryl methyl sites for hydroxylation is 1. The Hall–Kier alpha value is -1.76. The van der Waals surface area contributed by atoms with Crippen LogP contribution in [0.25, 0.3) is 0 Å². The quantitative estimate of drug-likeness (QED) is 0.665. The molecule has 21 heavy (non-hydrogen) atoms. The van der Waals surface area contributed by atoms with Crippen LogP contribution in [-0.2, 0) is 12.6 Å². The highest BCUT2D eigenvalue weighted by Crippen LogP contribution is 2.35. The van der Waals surface area contributed by atoms with Crippen molar-refractivity contribution >= 4 is 23.3 Å². The number of hydrogen-bond donors (Lipinski definition) is 1. The lowest BCUT2D eigenvalue weighted by molar-refractivity contribution is -0.137. The van der Waals surface area contributed by atoms with Crippen molar-refractivity contribution in [1.82, 2.24) is 9.97 Å². The summed E-state index contributed by atoms with van der Waals surface area (Å²) in [6, 6.07) is 7.22. The van der Waals surface area contributed by atoms with Crippen LogP contribution in [0.15, 0.2) is 35.6 Å². The van der Waals surface area contributed by atoms with Crippen LogP contribution >= 0.6 is 11.8 Å². The fourth-order valence-electron chi connectivity index (χ4n) is 1.84. The summed E-state index contributed by atoms with van der Waals surface area (Å²) < 4.78 is 39.1. The molecule has 0 saturated heterocycles. The minimum atomic E-state index is -4.50. The predicted octanol–water partition coefficient (Wildman–Crippen LogP) is 4.52. The molecule has 0 radical (unpaired) electrons. The molecule has 0 aliphatic rings. The largest absolute Gasteiger partial charge is 0.421 e. The van der Waals surface area contributed by atoms with E-state index < -0.39 is 11.7 Å². The van der Waals surface area contributed by atoms with E-state index in [-0.39, 0.29) is 5.82 Å². The third-order valence-electron chi connectivity index (χ3n) is 2.91. The predicted molar refractivity (Wildman–Crippen MR) is 77.9 cm³/mol. The molecule has 1 heterocycles. The van der Waals surface area contributed by atoms with Gasteiger partial charge >= 0.3 is 6.18 Å². The van der Waals surface area contributed by atoms with Crippen LogP contribution in [0.2, 0.25) is 0 Å². The van der Waals surface area contributed by atoms with Gasteiger partial charge < -0.3 is 5.32 Å². The summed E-state index contributed by atoms with van der Waals surface area (Å²) in [5.41, 5.74) is 0.678. The normalized spacial score (nSPS) is 11.5. The summed E-state index contributed by atoms with van der Waals surface area (Å²) in [5.74, 6) is -0.220. The smallest absolute Gasteiger partial charge is 0.339 e. The Kier molecular flexibility index (Phi) is 4.72. The number of thioether (sulfide) groups is 1. The first-order valence-electron chi connectivity index (χ1n) is 6.29. The third kappa shape index (κ3) is 3.66. The minimum absolute atomic E-state index is 0.220. The maximum Gasteiger partial charge on any atom is 0.421 e. The number of anilines is 2. The third-order valence-corrected chi connectivity index (χ3v) is 3.47. The van der Waals surface area contributed by atoms with E-state index in [0.29, 0.717) is 17.3 Å². The Morgan fingerprint density at radius 1 is 1.24 bits per heavy atom. The number of hydrogen-bond acceptors (Lipinski definition) is 4. The van der Waals surface area contributed by atoms with E-state index in [1.165, 1.54) is 11.8 Å². The van der Waals surface area contributed by atoms with Crippen molar-refractivity contribution in [2.75, 3.05) is 11.6 Å². The van der Waals surface area contributed by atoms with E-state index in [1.807, 2.05) is 19.1 Å². The molecule has 0 spiro atoms. The van der Waals surface area contributed by atoms with Gasteiger partial charge in [-0.3, -0.25) is 0 Å². The second-order valence-corrected chi connectivity index (χ2v) is 5.03. The van der Waals surface area contributed by atoms with E-state index in [1.54, 1.807) is 18.4 Å². The van der Waals surface area contributed by atoms with Crippen LogP contribution in [-0.4, -0.2) is 16.2 Å². The molecule has 1 N–H and O–H groups in total. The second-order valence-electron chi connectivity index (χ2n) is 4.25. The molecule has 0 bridgehead atoms. The molecular weight excluding hydrogens is 299 g/mol. The van der Waals surface area contributed by atoms with Gasteiger partial charge in [0, 0.05) is 11.9 Å². The molecular formula is C14H14F3N3S. The van der Waals surface area contributed by atoms with Gasteiger partial charge in [-0.2, -0.15) is 13.2 Å². The molecule has 0 fully saturated rings. The molecule has 7 heteroatoms. The van der Waals surface area contributed by atoms with E-state index in [4.69, 9.17) is 0 Å². The topological polar surface area (TPSA) is 37.8 Å². The number of rotatable bonds is 4. The Morgan fingerprint density at radius 2 is 1.95 bits per heavy atom. The average Bonchev–Trinajstić information content (AvgIpc) is 2.46. The van der Waals surface area contributed by atoms with Gasteiger partial charge in [-0.15, -0.1) is 0 Å². The highest BCUT2D eigenvalue weighted by Gasteiger charge is 2.35. The Balaban J connectivity index is 2.46. The molecule has 1 aromatic carbocycles. The number of aromatic nitrogens is 2. The summed E-state index contributed by atoms with van der Waals surface area (Å²) >= 11 is 1.19. The maximum absolute atomic E-state index is 13.0. The lowest BCUT2D eigenvalue weighted by Gasteiger charge is -2.15. The van der Waals surface area contributed by atoms with Gasteiger partial charge in [-0.1, -0.05) is 36.9 Å². The summed E-state index contributed by atoms with van der Waals surface area (Å²) in [4.78, 5) is 7.65. The molecule has 2 rings (SSSR count). The van der Waals surface area contributed by atoms with Gasteiger partial charge in [0.1, 0.15) is 11.4 Å². The highest BCUT2D eigenvalue weighted by atomic mass is 32.2. The van der Waals surface area contributed by atoms with Crippen molar-refractivity contribution in [1.29, 1.82) is 0 Å². The Morgan fingerprint density at radius 3 is 2.57 bits per heavy atom. The fraction of sp³-hybridized carbons (Fsp3) is 0.286. The van der Waals surface area contributed by atoms with Crippen LogP contribution in [0.1, 0.15) is 18.1 Å². The lowest BCUT2D eigenvalue weighted by Crippen LogP contribution is -2.12. The lowest BCUT2D eigenvalue weighted by atomic mass is 10.1. The first-order chi connectivity index (χ1) is 9.95. The van der Waals surface area contributed by atoms with Gasteiger partial charge in [0.05, 0.1) is 0 Å². The Labute approximate surface area is 125 Å². The molecule has 0 aliphatic carbocycles. The van der Waals surface area contributed by atoms with Crippen molar-refractivity contribution in [2.24, 2.45) is 0 Å². The average molecular weight is 313 g/mol. The van der Waals surface area contributed by atoms with E-state index in [9.17, 15) is 13.2 Å². The molecule has 0 amide bonds. The number of para-hydroxylation sites is 1. The van der Waals surface area contributed by atoms with Gasteiger partial charge in [-0.25, -0.2) is 9.97 Å². The molecule has 1 aromatic heterocycles. The fourth-order valence-corrected chi connectivity index (χ4v) is 2.19. The Bertz CT molecular complexity index is 629. The highest BCUT2D eigenvalue weighted by molar-refractivity contribution is 7.98. The van der Waals surface area contributed by atoms with Crippen LogP contribution < -0.4 is 5.32 Å². The van der Waals surface area contributed by atoms with Crippen molar-refractivity contribution in [3.63, 3.8) is 0 Å². The van der Waals surface area contributed by atoms with Gasteiger partial charge in [0.25, 0.3) is 0 Å². The molecule has 0 aliphatic heterocycles. The SMILES string of the molecule is CCc1ccccc1Nc1nc(SC)ncc1C(F)(F)F. The number of nitrogens with one attached hydrogen (secondary N) is 1. The van der Waals surface area contributed by atoms with Crippen molar-refractivity contribution in [3.05, 3.63) is 41.6 Å². The molecule has 0 atom stereocenters. The van der Waals surface area contributed by atoms with Crippen molar-refractivity contribution < 1.29 is 13.2 Å². The first kappa shape index (κ1) is 15.6. The zero-order valence-corrected chi connectivity index (χ0v) is 12.3. The van der Waals surface area contributed by atoms with E-state index >= 15 is 0 Å². The van der Waals surface area contributed by atoms with Crippen molar-refractivity contribution in [2.45, 2.75) is 24.7 Å². The number of halogens is 3. The molecule has 3 nitrogen and oxygen atoms in total. The number of benzene rings is 1. The van der Waals surface area contributed by atoms with E-state index in [2.05, 4.69) is 15.3 Å². The van der Waals surface area contributed by atoms with Gasteiger partial charge in [0.15, 0.2) is 5.16 Å². The van der Waals surface area contributed by atoms with Gasteiger partial charge in [-0.05, 0) is 24.3 Å². The zero-order valence-electron chi connectivity index (χ0n) is 11.5. The van der Waals surface area contributed by atoms with Crippen LogP contribution in [0.5, 0.6) is 0 Å². The summed E-state index contributed by atoms with van der Waals surface area (Å²) in [6.07, 6.45) is -1.26. The van der Waals surface area contributed by atoms with Crippen LogP contribution in [0, 0.1) is 0 Å². The molecule has 0 unspecified atom stereocenters. The summed E-state index contributed by atoms with van der Waals surface area (Å²) in [5, 5.41) is 3.08. The summed E-state index contributed by atoms with van der Waals surface area (Å²) in [7, 11) is 0. The zero-order chi connectivity index (χ0) is 15.5. The van der Waals surface area contributed by atoms with Crippen LogP contribution in [0.4, 0.5) is 24.7 Å². The minimum Gasteiger partial charge on any atom is -0.339 e. The number of nitrogens with zero attached hydrogens (tertiary/aromatic N) is 2. The van der Waals surface area contributed by atoms with E-state index in [0.717, 1.165) is 11.8 Å². The standard InChI is InChI=1S/C14H14F3N3S/c1-3-9-6-4-5-7-11(9)19-12-10(14(15,16)17)8-18-13(20-12)21-2/h4-8H,3H2,1-2H3,(H,18,19,20). The van der Waals surface area contributed by atoms with Gasteiger partial charge in [0.2, 0.25) is 0 Å². The summed E-state index contributed by atoms with van der Waals surface area (Å²) in [6.45, 7) is 1.94. The second kappa shape index (κ2) is 6.34. The van der Waals surface area contributed by atoms with Crippen LogP contribution in [0.3, 0.4) is 0 Å².